The number of amides is 2. The molecule has 5 aromatic heterocycles. The molecule has 0 aliphatic carbocycles. The molecule has 14 rings (SSSR count). The molecule has 766 valence electrons. The molecule has 4 atom stereocenters. The summed E-state index contributed by atoms with van der Waals surface area (Å²) >= 11 is 2.98. The summed E-state index contributed by atoms with van der Waals surface area (Å²) in [6.45, 7) is 1.55. The summed E-state index contributed by atoms with van der Waals surface area (Å²) in [7, 11) is 7.88. The fourth-order valence-corrected chi connectivity index (χ4v) is 14.3. The van der Waals surface area contributed by atoms with Gasteiger partial charge in [-0.05, 0) is 125 Å². The van der Waals surface area contributed by atoms with E-state index in [-0.39, 0.29) is 106 Å². The molecule has 44 heteroatoms. The Morgan fingerprint density at radius 1 is 0.366 bits per heavy atom. The lowest BCUT2D eigenvalue weighted by Crippen LogP contribution is -2.45. The number of aliphatic hydroxyl groups excluding tert-OH is 1. The minimum atomic E-state index is -0.845. The zero-order valence-corrected chi connectivity index (χ0v) is 79.7. The monoisotopic (exact) mass is 2080 g/mol. The fourth-order valence-electron chi connectivity index (χ4n) is 13.7. The normalized spacial score (nSPS) is 11.4. The largest absolute Gasteiger partial charge is 0.394 e. The maximum absolute atomic E-state index is 14.1. The van der Waals surface area contributed by atoms with Crippen LogP contribution in [0.5, 0.6) is 0 Å². The minimum Gasteiger partial charge on any atom is -0.394 e. The Morgan fingerprint density at radius 2 is 0.634 bits per heavy atom. The average molecular weight is 2090 g/mol. The number of nitrogens with two attached hydrogens (primary N) is 1. The molecule has 0 spiro atoms. The van der Waals surface area contributed by atoms with Crippen LogP contribution in [0, 0.1) is 58.2 Å². The van der Waals surface area contributed by atoms with Gasteiger partial charge in [-0.3, -0.25) is 94.6 Å². The van der Waals surface area contributed by atoms with Crippen LogP contribution < -0.4 is 88.6 Å². The van der Waals surface area contributed by atoms with Gasteiger partial charge in [-0.15, -0.1) is 0 Å². The van der Waals surface area contributed by atoms with Gasteiger partial charge in [-0.25, -0.2) is 67.9 Å². The summed E-state index contributed by atoms with van der Waals surface area (Å²) in [5.74, 6) is -10.5. The summed E-state index contributed by atoms with van der Waals surface area (Å²) < 4.78 is 156. The molecular weight excluding hydrogens is 1980 g/mol. The summed E-state index contributed by atoms with van der Waals surface area (Å²) in [5.41, 5.74) is -0.479. The van der Waals surface area contributed by atoms with Crippen LogP contribution in [0.1, 0.15) is 154 Å². The number of hydrogen-bond acceptors (Lipinski definition) is 20. The average Bonchev–Trinajstić information content (AvgIpc) is 0.781. The molecule has 14 aromatic rings. The lowest BCUT2D eigenvalue weighted by Gasteiger charge is -2.19. The van der Waals surface area contributed by atoms with Gasteiger partial charge in [0.05, 0.1) is 87.2 Å². The molecule has 0 radical (unpaired) electrons. The highest BCUT2D eigenvalue weighted by Gasteiger charge is 2.27. The Labute approximate surface area is 828 Å². The van der Waals surface area contributed by atoms with Gasteiger partial charge in [0.15, 0.2) is 17.3 Å². The van der Waals surface area contributed by atoms with E-state index in [1.54, 1.807) is 44.4 Å². The third-order valence-electron chi connectivity index (χ3n) is 21.5. The number of hydrogen-bond donors (Lipinski definition) is 10. The number of H-pyrrole nitrogens is 3. The number of nitrogens with one attached hydrogen (secondary N) is 8. The Hall–Kier alpha value is -16.2. The standard InChI is InChI=1S/C22H22F2N4O3.C22H21F2N3O3.C21H20F2N4O3.C13H10F2N2O3.C9H13NO.C7H5BrF2.C6H6N2O3.CH4.FH/c1-25-19(14-7-4-3-5-8-14)13-28-21(30)16(20(29)26-2)12-27(22(28)31)11-15-17(23)9-6-10-18(15)24;1-14(28)16-11-26(12-17-18(23)9-6-10-19(17)24)22(30)27(21(16)29)13-20(25-2)15-7-4-3-5-8-15;1-25-19(28)15-11-26(10-14-16(22)8-5-9-17(14)23)21(30)27(20(15)29)12-18(24)13-6-3-2-4-7-13;1-7(18)8-5-17(13(20)16-12(8)19)6-9-10(14)3-2-4-11(9)15;1-10-9(7-11)8-5-3-2-4-6-8;8-4-5-6(9)2-1-3-7(5)10;1-3(9)4-2-7-6(11)8-5(4)10;;/h3-10,12,19,25H,11,13H2,1-2H3,(H,26,29);3-11,20,25H,12-13H2,1-2H3;2-9,11,18H,10,12,24H2,1H3,(H,25,28);2-5H,6H2,1H3,(H,16,19,20);2-6,9-11H,7H2,1H3;1-3H,4H2;2H,1H3,(H2,7,8,10,11);1H4;1H/t19-;20-;18-;;9-;;;;/m000.0..../s1/i/hT. The highest BCUT2D eigenvalue weighted by molar-refractivity contribution is 9.08. The first-order valence-electron chi connectivity index (χ1n) is 43.5. The summed E-state index contributed by atoms with van der Waals surface area (Å²) in [6.07, 6.45) is 5.19. The predicted octanol–water partition coefficient (Wildman–Crippen LogP) is 10.5. The van der Waals surface area contributed by atoms with Gasteiger partial charge in [0, 0.05) is 84.3 Å². The number of aliphatic hydroxyl groups is 1. The molecule has 5 heterocycles. The molecule has 0 aliphatic heterocycles. The molecule has 11 N–H and O–H groups in total. The molecule has 0 unspecified atom stereocenters. The van der Waals surface area contributed by atoms with Crippen LogP contribution in [0.4, 0.5) is 48.6 Å². The number of carbonyl (C=O) groups is 5. The number of nitrogens with zero attached hydrogens (tertiary/aromatic N) is 7. The molecule has 0 aliphatic rings. The van der Waals surface area contributed by atoms with Gasteiger partial charge < -0.3 is 42.4 Å². The smallest absolute Gasteiger partial charge is 0.331 e. The summed E-state index contributed by atoms with van der Waals surface area (Å²) in [5, 5.41) is 22.9. The number of halogens is 12. The lowest BCUT2D eigenvalue weighted by atomic mass is 10.1. The van der Waals surface area contributed by atoms with Gasteiger partial charge in [0.25, 0.3) is 41.1 Å². The molecule has 0 bridgehead atoms. The van der Waals surface area contributed by atoms with E-state index in [1.807, 2.05) is 108 Å². The van der Waals surface area contributed by atoms with E-state index in [1.165, 1.54) is 70.4 Å². The Balaban J connectivity index is 0.000000269. The first-order chi connectivity index (χ1) is 69.2. The van der Waals surface area contributed by atoms with Gasteiger partial charge in [-0.1, -0.05) is 175 Å². The third-order valence-corrected chi connectivity index (χ3v) is 22.1. The Kier molecular flexibility index (Phi) is 45.1. The fraction of sp³-hybridized carbons (Fsp3) is 0.218. The number of alkyl halides is 1. The number of rotatable bonds is 28. The van der Waals surface area contributed by atoms with Crippen molar-refractivity contribution in [3.05, 3.63) is 484 Å². The maximum Gasteiger partial charge on any atom is 0.331 e. The van der Waals surface area contributed by atoms with Crippen molar-refractivity contribution in [1.82, 2.24) is 73.5 Å². The van der Waals surface area contributed by atoms with Crippen LogP contribution in [-0.4, -0.2) is 124 Å². The second-order valence-electron chi connectivity index (χ2n) is 30.9. The van der Waals surface area contributed by atoms with E-state index in [4.69, 9.17) is 15.6 Å². The van der Waals surface area contributed by atoms with Crippen molar-refractivity contribution in [2.24, 2.45) is 5.73 Å². The number of aromatic nitrogens is 10. The first kappa shape index (κ1) is 116. The van der Waals surface area contributed by atoms with Crippen molar-refractivity contribution >= 4 is 45.1 Å². The maximum atomic E-state index is 14.1. The van der Waals surface area contributed by atoms with Crippen molar-refractivity contribution in [2.75, 3.05) is 41.8 Å². The van der Waals surface area contributed by atoms with Crippen molar-refractivity contribution in [1.29, 1.82) is 1.45 Å². The molecule has 145 heavy (non-hydrogen) atoms. The molecule has 9 aromatic carbocycles. The quantitative estimate of drug-likeness (QED) is 0.0124. The zero-order chi connectivity index (χ0) is 107. The highest BCUT2D eigenvalue weighted by atomic mass is 79.9. The molecule has 0 fully saturated rings. The van der Waals surface area contributed by atoms with Crippen LogP contribution in [0.2, 0.25) is 0 Å². The number of Topliss-reactive ketones (excluding diaryl/α,β-unsaturated/α-hetero) is 3. The van der Waals surface area contributed by atoms with E-state index in [9.17, 15) is 116 Å². The van der Waals surface area contributed by atoms with Crippen LogP contribution in [0.15, 0.2) is 291 Å². The van der Waals surface area contributed by atoms with Gasteiger partial charge >= 0.3 is 28.4 Å². The third kappa shape index (κ3) is 31.7. The first-order valence-corrected chi connectivity index (χ1v) is 44.2. The van der Waals surface area contributed by atoms with E-state index < -0.39 is 182 Å². The summed E-state index contributed by atoms with van der Waals surface area (Å²) in [6, 6.07) is 52.8. The van der Waals surface area contributed by atoms with Gasteiger partial charge in [-0.2, -0.15) is 0 Å². The predicted molar refractivity (Wildman–Crippen MR) is 526 cm³/mol. The molecular formula is C101H102BrF11N16O16. The Morgan fingerprint density at radius 3 is 0.917 bits per heavy atom. The van der Waals surface area contributed by atoms with Crippen LogP contribution in [0.3, 0.4) is 0 Å². The van der Waals surface area contributed by atoms with Crippen LogP contribution in [0.25, 0.3) is 0 Å². The van der Waals surface area contributed by atoms with Crippen LogP contribution in [-0.2, 0) is 51.1 Å². The highest BCUT2D eigenvalue weighted by Crippen LogP contribution is 2.22. The second kappa shape index (κ2) is 56.5. The van der Waals surface area contributed by atoms with Crippen molar-refractivity contribution in [3.63, 3.8) is 0 Å². The Bertz CT molecular complexity index is 7420. The molecule has 0 saturated carbocycles. The number of likely N-dealkylation sites (N-methyl/N-ethyl adjacent to an activating group) is 3. The number of aromatic amines is 3. The van der Waals surface area contributed by atoms with E-state index in [0.717, 1.165) is 135 Å². The number of benzene rings is 9. The molecule has 2 amide bonds. The van der Waals surface area contributed by atoms with Crippen molar-refractivity contribution in [3.8, 4) is 0 Å². The van der Waals surface area contributed by atoms with Crippen molar-refractivity contribution in [2.45, 2.75) is 104 Å². The molecule has 0 saturated heterocycles. The van der Waals surface area contributed by atoms with Crippen molar-refractivity contribution < 1.29 is 77.7 Å². The van der Waals surface area contributed by atoms with E-state index >= 15 is 0 Å². The lowest BCUT2D eigenvalue weighted by molar-refractivity contribution is 0.0951. The summed E-state index contributed by atoms with van der Waals surface area (Å²) in [4.78, 5) is 186. The van der Waals surface area contributed by atoms with E-state index in [2.05, 4.69) is 48.9 Å². The number of ketones is 3. The number of carbonyl (C=O) groups excluding carboxylic acids is 5. The molecule has 32 nitrogen and oxygen atoms in total. The van der Waals surface area contributed by atoms with Gasteiger partial charge in [0.2, 0.25) is 0 Å². The SMILES string of the molecule is C.CC(=O)c1c[nH]c(=O)[nH]c1=O.CC(=O)c1cn(Cc2c(F)cccc2F)c(=O)[nH]c1=O.CNC(=O)c1cn(Cc2c(F)cccc2F)c(=O)n(C[C@H](N)c2ccccc2)c1=O.CNC(=O)c1cn(Cc2c(F)cccc2F)c(=O)n(C[C@H](NC)c2ccccc2)c1=O.CN[C@@H](CO)c1ccccc1.CN[C@@H](Cn1c(=O)c(C(C)=O)cn(Cc2c(F)cccc2F)c1=O)c1ccccc1.Fc1cccc(F)c1CBr.[3H]F. The van der Waals surface area contributed by atoms with Gasteiger partial charge in [0.1, 0.15) is 69.3 Å². The minimum absolute atomic E-state index is 0. The van der Waals surface area contributed by atoms with Crippen LogP contribution >= 0.6 is 15.9 Å². The second-order valence-corrected chi connectivity index (χ2v) is 31.5. The topological polar surface area (TPSA) is 444 Å². The van der Waals surface area contributed by atoms with E-state index in [0.29, 0.717) is 5.56 Å². The zero-order valence-electron chi connectivity index (χ0n) is 79.1.